The molecule has 1 unspecified atom stereocenters. The number of aromatic nitrogens is 1. The van der Waals surface area contributed by atoms with Gasteiger partial charge in [0.25, 0.3) is 0 Å². The molecular weight excluding hydrogens is 286 g/mol. The van der Waals surface area contributed by atoms with Gasteiger partial charge in [-0.25, -0.2) is 8.42 Å². The lowest BCUT2D eigenvalue weighted by Crippen LogP contribution is -2.31. The van der Waals surface area contributed by atoms with Crippen LogP contribution in [0.1, 0.15) is 30.1 Å². The SMILES string of the molecule is Nc1ccc(CS(=O)(=O)N2CCCC2c2ccc[nH]2)cc1. The van der Waals surface area contributed by atoms with Crippen LogP contribution in [0.2, 0.25) is 0 Å². The summed E-state index contributed by atoms with van der Waals surface area (Å²) in [4.78, 5) is 3.13. The van der Waals surface area contributed by atoms with Crippen LogP contribution in [0.3, 0.4) is 0 Å². The van der Waals surface area contributed by atoms with Crippen molar-refractivity contribution in [3.8, 4) is 0 Å². The van der Waals surface area contributed by atoms with E-state index in [1.54, 1.807) is 28.6 Å². The molecule has 1 aliphatic heterocycles. The van der Waals surface area contributed by atoms with E-state index in [9.17, 15) is 8.42 Å². The molecule has 0 bridgehead atoms. The van der Waals surface area contributed by atoms with E-state index in [0.29, 0.717) is 12.2 Å². The van der Waals surface area contributed by atoms with Gasteiger partial charge in [0.05, 0.1) is 11.8 Å². The molecule has 1 fully saturated rings. The van der Waals surface area contributed by atoms with Crippen molar-refractivity contribution >= 4 is 15.7 Å². The minimum Gasteiger partial charge on any atom is -0.399 e. The van der Waals surface area contributed by atoms with E-state index < -0.39 is 10.0 Å². The molecule has 0 radical (unpaired) electrons. The monoisotopic (exact) mass is 305 g/mol. The fourth-order valence-electron chi connectivity index (χ4n) is 2.84. The van der Waals surface area contributed by atoms with Crippen LogP contribution in [0.5, 0.6) is 0 Å². The summed E-state index contributed by atoms with van der Waals surface area (Å²) >= 11 is 0. The van der Waals surface area contributed by atoms with Crippen molar-refractivity contribution in [2.45, 2.75) is 24.6 Å². The van der Waals surface area contributed by atoms with Crippen molar-refractivity contribution in [1.82, 2.24) is 9.29 Å². The highest BCUT2D eigenvalue weighted by atomic mass is 32.2. The second-order valence-corrected chi connectivity index (χ2v) is 7.31. The maximum Gasteiger partial charge on any atom is 0.218 e. The van der Waals surface area contributed by atoms with E-state index in [-0.39, 0.29) is 11.8 Å². The van der Waals surface area contributed by atoms with Crippen LogP contribution >= 0.6 is 0 Å². The third-order valence-corrected chi connectivity index (χ3v) is 5.72. The highest BCUT2D eigenvalue weighted by Gasteiger charge is 2.35. The number of hydrogen-bond acceptors (Lipinski definition) is 3. The zero-order valence-corrected chi connectivity index (χ0v) is 12.5. The molecule has 3 N–H and O–H groups in total. The molecule has 0 amide bonds. The van der Waals surface area contributed by atoms with Gasteiger partial charge in [-0.1, -0.05) is 12.1 Å². The summed E-state index contributed by atoms with van der Waals surface area (Å²) in [5.74, 6) is 0.0183. The second kappa shape index (κ2) is 5.54. The number of nitrogens with two attached hydrogens (primary N) is 1. The summed E-state index contributed by atoms with van der Waals surface area (Å²) in [5, 5.41) is 0. The van der Waals surface area contributed by atoms with Gasteiger partial charge in [-0.3, -0.25) is 0 Å². The van der Waals surface area contributed by atoms with Gasteiger partial charge >= 0.3 is 0 Å². The van der Waals surface area contributed by atoms with Crippen LogP contribution in [-0.4, -0.2) is 24.3 Å². The van der Waals surface area contributed by atoms with Crippen molar-refractivity contribution < 1.29 is 8.42 Å². The summed E-state index contributed by atoms with van der Waals surface area (Å²) < 4.78 is 27.0. The van der Waals surface area contributed by atoms with E-state index >= 15 is 0 Å². The second-order valence-electron chi connectivity index (χ2n) is 5.39. The lowest BCUT2D eigenvalue weighted by Gasteiger charge is -2.23. The summed E-state index contributed by atoms with van der Waals surface area (Å²) in [5.41, 5.74) is 8.01. The summed E-state index contributed by atoms with van der Waals surface area (Å²) in [6, 6.07) is 10.8. The number of nitrogens with zero attached hydrogens (tertiary/aromatic N) is 1. The number of anilines is 1. The summed E-state index contributed by atoms with van der Waals surface area (Å²) in [7, 11) is -3.33. The molecule has 2 aromatic rings. The van der Waals surface area contributed by atoms with Crippen LogP contribution in [0.25, 0.3) is 0 Å². The van der Waals surface area contributed by atoms with E-state index in [2.05, 4.69) is 4.98 Å². The molecule has 1 atom stereocenters. The molecule has 1 saturated heterocycles. The van der Waals surface area contributed by atoms with Crippen molar-refractivity contribution in [3.63, 3.8) is 0 Å². The van der Waals surface area contributed by atoms with Crippen molar-refractivity contribution in [1.29, 1.82) is 0 Å². The smallest absolute Gasteiger partial charge is 0.218 e. The maximum atomic E-state index is 12.7. The molecule has 21 heavy (non-hydrogen) atoms. The normalized spacial score (nSPS) is 19.9. The number of hydrogen-bond donors (Lipinski definition) is 2. The fourth-order valence-corrected chi connectivity index (χ4v) is 4.64. The molecule has 1 aromatic carbocycles. The predicted molar refractivity (Wildman–Crippen MR) is 83.0 cm³/mol. The van der Waals surface area contributed by atoms with E-state index in [4.69, 9.17) is 5.73 Å². The van der Waals surface area contributed by atoms with Gasteiger partial charge < -0.3 is 10.7 Å². The van der Waals surface area contributed by atoms with Crippen LogP contribution < -0.4 is 5.73 Å². The topological polar surface area (TPSA) is 79.2 Å². The highest BCUT2D eigenvalue weighted by Crippen LogP contribution is 2.34. The third-order valence-electron chi connectivity index (χ3n) is 3.87. The summed E-state index contributed by atoms with van der Waals surface area (Å²) in [6.07, 6.45) is 3.59. The Morgan fingerprint density at radius 1 is 1.24 bits per heavy atom. The van der Waals surface area contributed by atoms with Crippen LogP contribution in [0.4, 0.5) is 5.69 Å². The minimum atomic E-state index is -3.33. The average molecular weight is 305 g/mol. The first-order valence-corrected chi connectivity index (χ1v) is 8.64. The van der Waals surface area contributed by atoms with Crippen molar-refractivity contribution in [3.05, 3.63) is 53.9 Å². The van der Waals surface area contributed by atoms with Gasteiger partial charge in [-0.05, 0) is 42.7 Å². The third kappa shape index (κ3) is 2.96. The predicted octanol–water partition coefficient (Wildman–Crippen LogP) is 2.26. The molecule has 3 rings (SSSR count). The van der Waals surface area contributed by atoms with E-state index in [1.165, 1.54) is 0 Å². The molecular formula is C15H19N3O2S. The first-order valence-electron chi connectivity index (χ1n) is 7.03. The number of rotatable bonds is 4. The number of H-pyrrole nitrogens is 1. The Hall–Kier alpha value is -1.79. The Labute approximate surface area is 124 Å². The molecule has 112 valence electrons. The van der Waals surface area contributed by atoms with Gasteiger partial charge in [-0.2, -0.15) is 4.31 Å². The van der Waals surface area contributed by atoms with E-state index in [1.807, 2.05) is 18.3 Å². The molecule has 0 saturated carbocycles. The van der Waals surface area contributed by atoms with Gasteiger partial charge in [0, 0.05) is 24.1 Å². The largest absolute Gasteiger partial charge is 0.399 e. The van der Waals surface area contributed by atoms with Crippen molar-refractivity contribution in [2.24, 2.45) is 0 Å². The zero-order valence-electron chi connectivity index (χ0n) is 11.7. The van der Waals surface area contributed by atoms with Gasteiger partial charge in [-0.15, -0.1) is 0 Å². The van der Waals surface area contributed by atoms with Crippen molar-refractivity contribution in [2.75, 3.05) is 12.3 Å². The molecule has 1 aliphatic rings. The average Bonchev–Trinajstić information content (AvgIpc) is 3.11. The molecule has 0 aliphatic carbocycles. The Morgan fingerprint density at radius 2 is 2.00 bits per heavy atom. The Kier molecular flexibility index (Phi) is 3.73. The van der Waals surface area contributed by atoms with Gasteiger partial charge in [0.1, 0.15) is 0 Å². The fraction of sp³-hybridized carbons (Fsp3) is 0.333. The quantitative estimate of drug-likeness (QED) is 0.850. The van der Waals surface area contributed by atoms with Gasteiger partial charge in [0.2, 0.25) is 10.0 Å². The number of benzene rings is 1. The van der Waals surface area contributed by atoms with Crippen LogP contribution in [0, 0.1) is 0 Å². The number of sulfonamides is 1. The lowest BCUT2D eigenvalue weighted by molar-refractivity contribution is 0.391. The standard InChI is InChI=1S/C15H19N3O2S/c16-13-7-5-12(6-8-13)11-21(19,20)18-10-2-4-15(18)14-3-1-9-17-14/h1,3,5-9,15,17H,2,4,10-11,16H2. The Balaban J connectivity index is 1.82. The number of nitrogens with one attached hydrogen (secondary N) is 1. The lowest BCUT2D eigenvalue weighted by atomic mass is 10.2. The first-order chi connectivity index (χ1) is 10.1. The van der Waals surface area contributed by atoms with E-state index in [0.717, 1.165) is 24.1 Å². The molecule has 2 heterocycles. The number of nitrogen functional groups attached to an aromatic ring is 1. The molecule has 1 aromatic heterocycles. The molecule has 6 heteroatoms. The van der Waals surface area contributed by atoms with Crippen LogP contribution in [-0.2, 0) is 15.8 Å². The number of aromatic amines is 1. The summed E-state index contributed by atoms with van der Waals surface area (Å²) in [6.45, 7) is 0.584. The van der Waals surface area contributed by atoms with Gasteiger partial charge in [0.15, 0.2) is 0 Å². The molecule has 5 nitrogen and oxygen atoms in total. The minimum absolute atomic E-state index is 0.0183. The molecule has 0 spiro atoms. The first kappa shape index (κ1) is 14.2. The Bertz CT molecular complexity index is 693. The zero-order chi connectivity index (χ0) is 14.9. The van der Waals surface area contributed by atoms with Crippen LogP contribution in [0.15, 0.2) is 42.6 Å². The maximum absolute atomic E-state index is 12.7. The Morgan fingerprint density at radius 3 is 2.67 bits per heavy atom. The highest BCUT2D eigenvalue weighted by molar-refractivity contribution is 7.88.